The number of nitrogens with zero attached hydrogens (tertiary/aromatic N) is 1. The smallest absolute Gasteiger partial charge is 0.125 e. The predicted molar refractivity (Wildman–Crippen MR) is 125 cm³/mol. The molecule has 0 aliphatic rings. The maximum Gasteiger partial charge on any atom is 0.125 e. The van der Waals surface area contributed by atoms with Crippen molar-refractivity contribution >= 4 is 5.71 Å². The van der Waals surface area contributed by atoms with Gasteiger partial charge >= 0.3 is 0 Å². The van der Waals surface area contributed by atoms with Gasteiger partial charge in [0, 0.05) is 17.4 Å². The van der Waals surface area contributed by atoms with Gasteiger partial charge in [-0.1, -0.05) is 56.3 Å². The van der Waals surface area contributed by atoms with Crippen molar-refractivity contribution in [2.75, 3.05) is 20.3 Å². The van der Waals surface area contributed by atoms with Gasteiger partial charge in [-0.15, -0.1) is 0 Å². The number of rotatable bonds is 9. The molecule has 0 bridgehead atoms. The van der Waals surface area contributed by atoms with Gasteiger partial charge in [-0.25, -0.2) is 0 Å². The third-order valence-corrected chi connectivity index (χ3v) is 4.75. The molecule has 0 saturated heterocycles. The third kappa shape index (κ3) is 6.65. The molecule has 0 aliphatic heterocycles. The predicted octanol–water partition coefficient (Wildman–Crippen LogP) is 6.28. The van der Waals surface area contributed by atoms with Crippen LogP contribution >= 0.6 is 0 Å². The van der Waals surface area contributed by atoms with E-state index in [1.807, 2.05) is 31.2 Å². The second-order valence-corrected chi connectivity index (χ2v) is 8.44. The van der Waals surface area contributed by atoms with E-state index in [4.69, 9.17) is 14.3 Å². The van der Waals surface area contributed by atoms with Crippen LogP contribution in [-0.2, 0) is 11.3 Å². The fraction of sp³-hybridized carbons (Fsp3) is 0.423. The molecular weight excluding hydrogens is 374 g/mol. The summed E-state index contributed by atoms with van der Waals surface area (Å²) in [6.07, 6.45) is 4.79. The van der Waals surface area contributed by atoms with Gasteiger partial charge in [0.25, 0.3) is 0 Å². The minimum absolute atomic E-state index is 0.101. The first kappa shape index (κ1) is 23.5. The average molecular weight is 410 g/mol. The van der Waals surface area contributed by atoms with Crippen LogP contribution in [0.25, 0.3) is 0 Å². The Balaban J connectivity index is 2.06. The standard InChI is InChI=1S/C26H35NO3/c1-8-9-14-29-23-16-19(2)24(20(3)17-23)30-15-13-21-11-10-12-22(18-21)25(27-28-7)26(4,5)6/h8-12,16-18H,13-15H2,1-7H3/b9-8+,27-25?. The summed E-state index contributed by atoms with van der Waals surface area (Å²) in [6.45, 7) is 13.7. The molecule has 0 spiro atoms. The first-order valence-corrected chi connectivity index (χ1v) is 10.4. The van der Waals surface area contributed by atoms with Crippen LogP contribution in [0.4, 0.5) is 0 Å². The molecule has 4 heteroatoms. The molecule has 0 aliphatic carbocycles. The summed E-state index contributed by atoms with van der Waals surface area (Å²) in [5, 5.41) is 4.26. The van der Waals surface area contributed by atoms with Crippen molar-refractivity contribution in [1.29, 1.82) is 0 Å². The van der Waals surface area contributed by atoms with E-state index < -0.39 is 0 Å². The lowest BCUT2D eigenvalue weighted by Gasteiger charge is -2.21. The van der Waals surface area contributed by atoms with Gasteiger partial charge < -0.3 is 14.3 Å². The SMILES string of the molecule is C/C=C/COc1cc(C)c(OCCc2cccc(C(=NOC)C(C)(C)C)c2)c(C)c1. The van der Waals surface area contributed by atoms with Crippen LogP contribution in [-0.4, -0.2) is 26.0 Å². The Morgan fingerprint density at radius 1 is 1.03 bits per heavy atom. The monoisotopic (exact) mass is 409 g/mol. The lowest BCUT2D eigenvalue weighted by molar-refractivity contribution is 0.209. The van der Waals surface area contributed by atoms with Gasteiger partial charge in [0.15, 0.2) is 0 Å². The van der Waals surface area contributed by atoms with Crippen molar-refractivity contribution in [2.45, 2.75) is 48.0 Å². The van der Waals surface area contributed by atoms with E-state index in [1.54, 1.807) is 7.11 Å². The summed E-state index contributed by atoms with van der Waals surface area (Å²) < 4.78 is 11.9. The number of oxime groups is 1. The first-order valence-electron chi connectivity index (χ1n) is 10.4. The Kier molecular flexibility index (Phi) is 8.52. The lowest BCUT2D eigenvalue weighted by atomic mass is 9.85. The van der Waals surface area contributed by atoms with Crippen LogP contribution < -0.4 is 9.47 Å². The van der Waals surface area contributed by atoms with Crippen molar-refractivity contribution < 1.29 is 14.3 Å². The Labute approximate surface area is 181 Å². The molecule has 2 rings (SSSR count). The molecule has 0 aromatic heterocycles. The van der Waals surface area contributed by atoms with E-state index in [9.17, 15) is 0 Å². The molecule has 2 aromatic rings. The van der Waals surface area contributed by atoms with Crippen LogP contribution in [0, 0.1) is 19.3 Å². The zero-order chi connectivity index (χ0) is 22.1. The highest BCUT2D eigenvalue weighted by atomic mass is 16.6. The summed E-state index contributed by atoms with van der Waals surface area (Å²) >= 11 is 0. The second kappa shape index (κ2) is 10.9. The van der Waals surface area contributed by atoms with E-state index in [2.05, 4.69) is 64.0 Å². The lowest BCUT2D eigenvalue weighted by Crippen LogP contribution is -2.22. The topological polar surface area (TPSA) is 40.0 Å². The van der Waals surface area contributed by atoms with Gasteiger partial charge in [-0.05, 0) is 55.7 Å². The largest absolute Gasteiger partial charge is 0.493 e. The third-order valence-electron chi connectivity index (χ3n) is 4.75. The van der Waals surface area contributed by atoms with Crippen LogP contribution in [0.2, 0.25) is 0 Å². The zero-order valence-corrected chi connectivity index (χ0v) is 19.4. The van der Waals surface area contributed by atoms with Crippen LogP contribution in [0.3, 0.4) is 0 Å². The maximum absolute atomic E-state index is 6.14. The van der Waals surface area contributed by atoms with E-state index in [0.717, 1.165) is 40.3 Å². The maximum atomic E-state index is 6.14. The van der Waals surface area contributed by atoms with E-state index in [1.165, 1.54) is 5.56 Å². The van der Waals surface area contributed by atoms with E-state index in [0.29, 0.717) is 13.2 Å². The van der Waals surface area contributed by atoms with Crippen LogP contribution in [0.1, 0.15) is 49.9 Å². The summed E-state index contributed by atoms with van der Waals surface area (Å²) in [7, 11) is 1.59. The Hall–Kier alpha value is -2.75. The normalized spacial score (nSPS) is 12.3. The minimum Gasteiger partial charge on any atom is -0.493 e. The molecule has 0 unspecified atom stereocenters. The second-order valence-electron chi connectivity index (χ2n) is 8.44. The Morgan fingerprint density at radius 2 is 1.73 bits per heavy atom. The highest BCUT2D eigenvalue weighted by Crippen LogP contribution is 2.29. The average Bonchev–Trinajstić information content (AvgIpc) is 2.68. The number of allylic oxidation sites excluding steroid dienone is 1. The van der Waals surface area contributed by atoms with Gasteiger partial charge in [0.05, 0.1) is 12.3 Å². The summed E-state index contributed by atoms with van der Waals surface area (Å²) in [5.41, 5.74) is 5.30. The number of hydrogen-bond acceptors (Lipinski definition) is 4. The minimum atomic E-state index is -0.101. The Morgan fingerprint density at radius 3 is 2.33 bits per heavy atom. The molecule has 0 heterocycles. The number of ether oxygens (including phenoxy) is 2. The number of benzene rings is 2. The summed E-state index contributed by atoms with van der Waals surface area (Å²) in [4.78, 5) is 5.08. The van der Waals surface area contributed by atoms with Crippen molar-refractivity contribution in [2.24, 2.45) is 10.6 Å². The highest BCUT2D eigenvalue weighted by molar-refractivity contribution is 6.03. The molecule has 162 valence electrons. The molecule has 0 amide bonds. The fourth-order valence-corrected chi connectivity index (χ4v) is 3.32. The van der Waals surface area contributed by atoms with Gasteiger partial charge in [-0.2, -0.15) is 0 Å². The van der Waals surface area contributed by atoms with Crippen molar-refractivity contribution in [3.8, 4) is 11.5 Å². The molecule has 0 N–H and O–H groups in total. The molecule has 0 saturated carbocycles. The first-order chi connectivity index (χ1) is 14.3. The van der Waals surface area contributed by atoms with Crippen molar-refractivity contribution in [3.05, 3.63) is 70.8 Å². The molecule has 30 heavy (non-hydrogen) atoms. The van der Waals surface area contributed by atoms with E-state index in [-0.39, 0.29) is 5.41 Å². The Bertz CT molecular complexity index is 868. The van der Waals surface area contributed by atoms with E-state index >= 15 is 0 Å². The molecule has 0 radical (unpaired) electrons. The van der Waals surface area contributed by atoms with Crippen LogP contribution in [0.15, 0.2) is 53.7 Å². The summed E-state index contributed by atoms with van der Waals surface area (Å²) in [5.74, 6) is 1.80. The molecule has 0 fully saturated rings. The van der Waals surface area contributed by atoms with Gasteiger partial charge in [-0.3, -0.25) is 0 Å². The van der Waals surface area contributed by atoms with Gasteiger partial charge in [0.1, 0.15) is 25.2 Å². The molecule has 2 aromatic carbocycles. The van der Waals surface area contributed by atoms with Crippen molar-refractivity contribution in [3.63, 3.8) is 0 Å². The molecule has 0 atom stereocenters. The van der Waals surface area contributed by atoms with Gasteiger partial charge in [0.2, 0.25) is 0 Å². The van der Waals surface area contributed by atoms with Crippen LogP contribution in [0.5, 0.6) is 11.5 Å². The summed E-state index contributed by atoms with van der Waals surface area (Å²) in [6, 6.07) is 12.5. The number of hydrogen-bond donors (Lipinski definition) is 0. The quantitative estimate of drug-likeness (QED) is 0.278. The number of aryl methyl sites for hydroxylation is 2. The zero-order valence-electron chi connectivity index (χ0n) is 19.4. The highest BCUT2D eigenvalue weighted by Gasteiger charge is 2.22. The molecular formula is C26H35NO3. The fourth-order valence-electron chi connectivity index (χ4n) is 3.32. The molecule has 4 nitrogen and oxygen atoms in total. The van der Waals surface area contributed by atoms with Crippen molar-refractivity contribution in [1.82, 2.24) is 0 Å².